The van der Waals surface area contributed by atoms with Gasteiger partial charge in [-0.1, -0.05) is 84.9 Å². The zero-order valence-corrected chi connectivity index (χ0v) is 25.1. The molecule has 0 aliphatic carbocycles. The molecule has 4 heteroatoms. The lowest BCUT2D eigenvalue weighted by Crippen LogP contribution is -2.27. The Hall–Kier alpha value is -5.74. The normalized spacial score (nSPS) is 13.9. The van der Waals surface area contributed by atoms with Crippen LogP contribution in [-0.4, -0.2) is 19.8 Å². The van der Waals surface area contributed by atoms with E-state index in [1.165, 1.54) is 32.9 Å². The lowest BCUT2D eigenvalue weighted by molar-refractivity contribution is 0.741. The largest absolute Gasteiger partial charge is 0.309 e. The third-order valence-electron chi connectivity index (χ3n) is 9.27. The molecule has 6 aromatic carbocycles. The molecule has 0 fully saturated rings. The maximum absolute atomic E-state index is 5.24. The van der Waals surface area contributed by atoms with Crippen LogP contribution in [0.5, 0.6) is 0 Å². The number of hydrogen-bond acceptors (Lipinski definition) is 2. The molecule has 4 nitrogen and oxygen atoms in total. The van der Waals surface area contributed by atoms with Crippen LogP contribution in [0.1, 0.15) is 25.0 Å². The molecule has 0 radical (unpaired) electrons. The molecule has 1 aliphatic heterocycles. The minimum Gasteiger partial charge on any atom is -0.309 e. The van der Waals surface area contributed by atoms with Crippen LogP contribution in [0.2, 0.25) is 0 Å². The van der Waals surface area contributed by atoms with Crippen molar-refractivity contribution in [2.45, 2.75) is 19.3 Å². The summed E-state index contributed by atoms with van der Waals surface area (Å²) in [7, 11) is 0. The number of aromatic nitrogens is 3. The minimum absolute atomic E-state index is 0.275. The maximum Gasteiger partial charge on any atom is 0.145 e. The van der Waals surface area contributed by atoms with Crippen molar-refractivity contribution in [2.75, 3.05) is 0 Å². The van der Waals surface area contributed by atoms with Crippen LogP contribution in [0.4, 0.5) is 5.69 Å². The van der Waals surface area contributed by atoms with Gasteiger partial charge in [-0.2, -0.15) is 0 Å². The molecular weight excluding hydrogens is 548 g/mol. The number of aliphatic imine (C=N–C) groups is 1. The summed E-state index contributed by atoms with van der Waals surface area (Å²) in [6.07, 6.45) is 0. The van der Waals surface area contributed by atoms with Crippen molar-refractivity contribution in [1.82, 2.24) is 14.1 Å². The smallest absolute Gasteiger partial charge is 0.145 e. The molecule has 9 rings (SSSR count). The number of benzene rings is 6. The topological polar surface area (TPSA) is 35.1 Å². The van der Waals surface area contributed by atoms with Crippen molar-refractivity contribution >= 4 is 44.2 Å². The molecular formula is C41H30N4. The first-order valence-electron chi connectivity index (χ1n) is 15.4. The van der Waals surface area contributed by atoms with Gasteiger partial charge >= 0.3 is 0 Å². The van der Waals surface area contributed by atoms with Gasteiger partial charge in [0.15, 0.2) is 0 Å². The Morgan fingerprint density at radius 3 is 1.93 bits per heavy atom. The van der Waals surface area contributed by atoms with E-state index in [0.29, 0.717) is 0 Å². The van der Waals surface area contributed by atoms with Crippen LogP contribution < -0.4 is 0 Å². The average molecular weight is 579 g/mol. The molecule has 0 atom stereocenters. The van der Waals surface area contributed by atoms with E-state index in [0.717, 1.165) is 45.2 Å². The van der Waals surface area contributed by atoms with Gasteiger partial charge in [-0.25, -0.2) is 4.98 Å². The van der Waals surface area contributed by atoms with Crippen molar-refractivity contribution in [2.24, 2.45) is 4.99 Å². The standard InChI is InChI=1S/C41H30N4/c1-41(2)37-34(42-39(41)27-13-5-3-6-14-27)26-25-32-31-17-9-11-19-35(31)44(38(32)37)30-23-21-28(22-24-30)40-43-33-18-10-12-20-36(33)45(40)29-15-7-4-8-16-29/h3-26H,1-2H3. The molecule has 3 heterocycles. The lowest BCUT2D eigenvalue weighted by atomic mass is 9.78. The van der Waals surface area contributed by atoms with E-state index in [-0.39, 0.29) is 5.41 Å². The molecule has 1 aliphatic rings. The number of para-hydroxylation sites is 4. The third kappa shape index (κ3) is 3.79. The lowest BCUT2D eigenvalue weighted by Gasteiger charge is -2.24. The highest BCUT2D eigenvalue weighted by Gasteiger charge is 2.39. The van der Waals surface area contributed by atoms with Gasteiger partial charge in [0.2, 0.25) is 0 Å². The fraction of sp³-hybridized carbons (Fsp3) is 0.0732. The number of rotatable bonds is 4. The van der Waals surface area contributed by atoms with E-state index < -0.39 is 0 Å². The van der Waals surface area contributed by atoms with Crippen LogP contribution in [0, 0.1) is 0 Å². The number of hydrogen-bond donors (Lipinski definition) is 0. The van der Waals surface area contributed by atoms with Gasteiger partial charge in [0.1, 0.15) is 5.82 Å². The maximum atomic E-state index is 5.24. The predicted octanol–water partition coefficient (Wildman–Crippen LogP) is 10.2. The summed E-state index contributed by atoms with van der Waals surface area (Å²) < 4.78 is 4.68. The summed E-state index contributed by atoms with van der Waals surface area (Å²) in [5.74, 6) is 0.930. The van der Waals surface area contributed by atoms with Gasteiger partial charge in [-0.05, 0) is 80.1 Å². The molecule has 0 saturated heterocycles. The Balaban J connectivity index is 1.25. The first-order chi connectivity index (χ1) is 22.1. The van der Waals surface area contributed by atoms with E-state index in [1.807, 2.05) is 6.07 Å². The Morgan fingerprint density at radius 1 is 0.511 bits per heavy atom. The van der Waals surface area contributed by atoms with Crippen LogP contribution in [0.25, 0.3) is 55.6 Å². The summed E-state index contributed by atoms with van der Waals surface area (Å²) in [5.41, 5.74) is 12.1. The summed E-state index contributed by atoms with van der Waals surface area (Å²) in [5, 5.41) is 2.49. The average Bonchev–Trinajstić information content (AvgIpc) is 3.73. The molecule has 45 heavy (non-hydrogen) atoms. The van der Waals surface area contributed by atoms with Crippen molar-refractivity contribution in [3.05, 3.63) is 157 Å². The molecule has 0 saturated carbocycles. The summed E-state index contributed by atoms with van der Waals surface area (Å²) in [4.78, 5) is 10.3. The van der Waals surface area contributed by atoms with Crippen molar-refractivity contribution in [3.63, 3.8) is 0 Å². The van der Waals surface area contributed by atoms with E-state index in [1.54, 1.807) is 0 Å². The molecule has 0 bridgehead atoms. The fourth-order valence-electron chi connectivity index (χ4n) is 7.24. The van der Waals surface area contributed by atoms with Gasteiger partial charge in [-0.3, -0.25) is 9.56 Å². The molecule has 0 unspecified atom stereocenters. The molecule has 0 amide bonds. The van der Waals surface area contributed by atoms with Gasteiger partial charge in [0.05, 0.1) is 33.5 Å². The highest BCUT2D eigenvalue weighted by molar-refractivity contribution is 6.19. The monoisotopic (exact) mass is 578 g/mol. The number of nitrogens with zero attached hydrogens (tertiary/aromatic N) is 4. The van der Waals surface area contributed by atoms with Gasteiger partial charge < -0.3 is 4.57 Å². The van der Waals surface area contributed by atoms with Crippen molar-refractivity contribution in [1.29, 1.82) is 0 Å². The highest BCUT2D eigenvalue weighted by Crippen LogP contribution is 2.48. The number of fused-ring (bicyclic) bond motifs is 6. The summed E-state index contributed by atoms with van der Waals surface area (Å²) in [6.45, 7) is 4.62. The van der Waals surface area contributed by atoms with Gasteiger partial charge in [0.25, 0.3) is 0 Å². The second-order valence-electron chi connectivity index (χ2n) is 12.3. The first-order valence-corrected chi connectivity index (χ1v) is 15.4. The molecule has 0 N–H and O–H groups in total. The van der Waals surface area contributed by atoms with Crippen LogP contribution in [0.3, 0.4) is 0 Å². The van der Waals surface area contributed by atoms with E-state index in [4.69, 9.17) is 9.98 Å². The third-order valence-corrected chi connectivity index (χ3v) is 9.27. The fourth-order valence-corrected chi connectivity index (χ4v) is 7.24. The second kappa shape index (κ2) is 9.63. The SMILES string of the molecule is CC1(C)C(c2ccccc2)=Nc2ccc3c4ccccc4n(-c4ccc(-c5nc6ccccc6n5-c5ccccc5)cc4)c3c21. The minimum atomic E-state index is -0.275. The molecule has 0 spiro atoms. The van der Waals surface area contributed by atoms with E-state index in [9.17, 15) is 0 Å². The van der Waals surface area contributed by atoms with Gasteiger partial charge in [0, 0.05) is 38.7 Å². The summed E-state index contributed by atoms with van der Waals surface area (Å²) >= 11 is 0. The predicted molar refractivity (Wildman–Crippen MR) is 187 cm³/mol. The summed E-state index contributed by atoms with van der Waals surface area (Å²) in [6, 6.07) is 51.5. The quantitative estimate of drug-likeness (QED) is 0.205. The van der Waals surface area contributed by atoms with Crippen molar-refractivity contribution < 1.29 is 0 Å². The first kappa shape index (κ1) is 25.7. The Bertz CT molecular complexity index is 2430. The van der Waals surface area contributed by atoms with Crippen molar-refractivity contribution in [3.8, 4) is 22.8 Å². The zero-order chi connectivity index (χ0) is 30.1. The van der Waals surface area contributed by atoms with E-state index >= 15 is 0 Å². The molecule has 8 aromatic rings. The Labute approximate surface area is 261 Å². The van der Waals surface area contributed by atoms with Crippen LogP contribution in [-0.2, 0) is 5.41 Å². The van der Waals surface area contributed by atoms with E-state index in [2.05, 4.69) is 163 Å². The molecule has 2 aromatic heterocycles. The van der Waals surface area contributed by atoms with Gasteiger partial charge in [-0.15, -0.1) is 0 Å². The Kier molecular flexibility index (Phi) is 5.51. The number of imidazole rings is 1. The van der Waals surface area contributed by atoms with Crippen LogP contribution in [0.15, 0.2) is 151 Å². The second-order valence-corrected chi connectivity index (χ2v) is 12.3. The Morgan fingerprint density at radius 2 is 1.16 bits per heavy atom. The highest BCUT2D eigenvalue weighted by atomic mass is 15.1. The van der Waals surface area contributed by atoms with Crippen LogP contribution >= 0.6 is 0 Å². The zero-order valence-electron chi connectivity index (χ0n) is 25.1. The molecule has 214 valence electrons.